The topological polar surface area (TPSA) is 52.6 Å². The number of esters is 2. The SMILES string of the molecule is CCC(CC(=O)OC)CC(CC)CC(=O)OC. The molecule has 0 bridgehead atoms. The molecule has 0 aromatic rings. The predicted octanol–water partition coefficient (Wildman–Crippen LogP) is 2.56. The lowest BCUT2D eigenvalue weighted by molar-refractivity contribution is -0.142. The van der Waals surface area contributed by atoms with Crippen molar-refractivity contribution in [1.82, 2.24) is 0 Å². The molecule has 17 heavy (non-hydrogen) atoms. The van der Waals surface area contributed by atoms with Crippen molar-refractivity contribution in [3.8, 4) is 0 Å². The molecule has 0 aliphatic heterocycles. The average Bonchev–Trinajstić information content (AvgIpc) is 2.36. The van der Waals surface area contributed by atoms with Crippen molar-refractivity contribution >= 4 is 11.9 Å². The highest BCUT2D eigenvalue weighted by molar-refractivity contribution is 5.70. The Labute approximate surface area is 104 Å². The lowest BCUT2D eigenvalue weighted by Gasteiger charge is -2.20. The first-order valence-electron chi connectivity index (χ1n) is 6.20. The molecule has 100 valence electrons. The second kappa shape index (κ2) is 9.02. The highest BCUT2D eigenvalue weighted by Crippen LogP contribution is 2.24. The van der Waals surface area contributed by atoms with Gasteiger partial charge in [0, 0.05) is 12.8 Å². The van der Waals surface area contributed by atoms with Gasteiger partial charge in [0.25, 0.3) is 0 Å². The number of carbonyl (C=O) groups is 2. The molecule has 0 aromatic carbocycles. The normalized spacial score (nSPS) is 13.9. The van der Waals surface area contributed by atoms with Crippen LogP contribution in [0.5, 0.6) is 0 Å². The molecule has 0 amide bonds. The Balaban J connectivity index is 4.21. The van der Waals surface area contributed by atoms with E-state index >= 15 is 0 Å². The summed E-state index contributed by atoms with van der Waals surface area (Å²) in [6.45, 7) is 4.11. The zero-order valence-electron chi connectivity index (χ0n) is 11.3. The fraction of sp³-hybridized carbons (Fsp3) is 0.846. The number of ether oxygens (including phenoxy) is 2. The van der Waals surface area contributed by atoms with Crippen LogP contribution in [0.3, 0.4) is 0 Å². The van der Waals surface area contributed by atoms with Crippen LogP contribution in [0.15, 0.2) is 0 Å². The van der Waals surface area contributed by atoms with Crippen molar-refractivity contribution in [2.75, 3.05) is 14.2 Å². The summed E-state index contributed by atoms with van der Waals surface area (Å²) < 4.78 is 9.34. The number of carbonyl (C=O) groups excluding carboxylic acids is 2. The summed E-state index contributed by atoms with van der Waals surface area (Å²) in [5.74, 6) is 0.226. The van der Waals surface area contributed by atoms with Crippen LogP contribution in [0.25, 0.3) is 0 Å². The summed E-state index contributed by atoms with van der Waals surface area (Å²) in [7, 11) is 2.81. The first-order chi connectivity index (χ1) is 8.07. The molecule has 2 atom stereocenters. The van der Waals surface area contributed by atoms with Crippen LogP contribution in [0, 0.1) is 11.8 Å². The second-order valence-electron chi connectivity index (χ2n) is 4.34. The second-order valence-corrected chi connectivity index (χ2v) is 4.34. The fourth-order valence-electron chi connectivity index (χ4n) is 1.90. The first-order valence-corrected chi connectivity index (χ1v) is 6.20. The van der Waals surface area contributed by atoms with Gasteiger partial charge in [0.15, 0.2) is 0 Å². The molecule has 0 spiro atoms. The summed E-state index contributed by atoms with van der Waals surface area (Å²) in [4.78, 5) is 22.4. The van der Waals surface area contributed by atoms with Crippen LogP contribution < -0.4 is 0 Å². The lowest BCUT2D eigenvalue weighted by atomic mass is 9.87. The Bertz CT molecular complexity index is 214. The zero-order chi connectivity index (χ0) is 13.3. The van der Waals surface area contributed by atoms with Gasteiger partial charge >= 0.3 is 11.9 Å². The molecule has 0 saturated carbocycles. The third kappa shape index (κ3) is 6.97. The first kappa shape index (κ1) is 15.9. The highest BCUT2D eigenvalue weighted by Gasteiger charge is 2.19. The molecule has 0 N–H and O–H groups in total. The number of hydrogen-bond acceptors (Lipinski definition) is 4. The van der Waals surface area contributed by atoms with Gasteiger partial charge in [0.1, 0.15) is 0 Å². The maximum atomic E-state index is 11.2. The van der Waals surface area contributed by atoms with Crippen LogP contribution in [-0.2, 0) is 19.1 Å². The Morgan fingerprint density at radius 2 is 1.24 bits per heavy atom. The minimum Gasteiger partial charge on any atom is -0.469 e. The molecular formula is C13H24O4. The largest absolute Gasteiger partial charge is 0.469 e. The lowest BCUT2D eigenvalue weighted by Crippen LogP contribution is -2.16. The van der Waals surface area contributed by atoms with Gasteiger partial charge in [-0.2, -0.15) is 0 Å². The summed E-state index contributed by atoms with van der Waals surface area (Å²) in [5, 5.41) is 0. The van der Waals surface area contributed by atoms with Gasteiger partial charge in [0.05, 0.1) is 14.2 Å². The molecular weight excluding hydrogens is 220 g/mol. The van der Waals surface area contributed by atoms with E-state index in [1.54, 1.807) is 0 Å². The molecule has 0 heterocycles. The van der Waals surface area contributed by atoms with E-state index in [0.29, 0.717) is 12.8 Å². The fourth-order valence-corrected chi connectivity index (χ4v) is 1.90. The molecule has 0 rings (SSSR count). The molecule has 0 aliphatic carbocycles. The van der Waals surface area contributed by atoms with Crippen LogP contribution in [0.1, 0.15) is 46.0 Å². The predicted molar refractivity (Wildman–Crippen MR) is 65.4 cm³/mol. The number of rotatable bonds is 8. The molecule has 0 aliphatic rings. The number of methoxy groups -OCH3 is 2. The molecule has 4 heteroatoms. The highest BCUT2D eigenvalue weighted by atomic mass is 16.5. The van der Waals surface area contributed by atoms with Gasteiger partial charge in [-0.05, 0) is 18.3 Å². The number of hydrogen-bond donors (Lipinski definition) is 0. The van der Waals surface area contributed by atoms with E-state index in [-0.39, 0.29) is 23.8 Å². The standard InChI is InChI=1S/C13H24O4/c1-5-10(8-12(14)16-3)7-11(6-2)9-13(15)17-4/h10-11H,5-9H2,1-4H3. The summed E-state index contributed by atoms with van der Waals surface area (Å²) in [5.41, 5.74) is 0. The summed E-state index contributed by atoms with van der Waals surface area (Å²) in [6.07, 6.45) is 3.59. The monoisotopic (exact) mass is 244 g/mol. The third-order valence-corrected chi connectivity index (χ3v) is 3.19. The zero-order valence-corrected chi connectivity index (χ0v) is 11.3. The molecule has 4 nitrogen and oxygen atoms in total. The maximum Gasteiger partial charge on any atom is 0.305 e. The maximum absolute atomic E-state index is 11.2. The average molecular weight is 244 g/mol. The van der Waals surface area contributed by atoms with E-state index in [1.165, 1.54) is 14.2 Å². The van der Waals surface area contributed by atoms with E-state index in [1.807, 2.05) is 0 Å². The molecule has 0 aromatic heterocycles. The van der Waals surface area contributed by atoms with Crippen LogP contribution in [-0.4, -0.2) is 26.2 Å². The van der Waals surface area contributed by atoms with E-state index in [9.17, 15) is 9.59 Å². The van der Waals surface area contributed by atoms with Crippen molar-refractivity contribution in [3.05, 3.63) is 0 Å². The minimum absolute atomic E-state index is 0.176. The Hall–Kier alpha value is -1.06. The molecule has 2 unspecified atom stereocenters. The van der Waals surface area contributed by atoms with Crippen LogP contribution in [0.2, 0.25) is 0 Å². The van der Waals surface area contributed by atoms with E-state index in [0.717, 1.165) is 19.3 Å². The van der Waals surface area contributed by atoms with Gasteiger partial charge in [-0.25, -0.2) is 0 Å². The van der Waals surface area contributed by atoms with Crippen molar-refractivity contribution < 1.29 is 19.1 Å². The van der Waals surface area contributed by atoms with Crippen molar-refractivity contribution in [2.24, 2.45) is 11.8 Å². The third-order valence-electron chi connectivity index (χ3n) is 3.19. The summed E-state index contributed by atoms with van der Waals surface area (Å²) >= 11 is 0. The molecule has 0 radical (unpaired) electrons. The van der Waals surface area contributed by atoms with E-state index < -0.39 is 0 Å². The Morgan fingerprint density at radius 3 is 1.47 bits per heavy atom. The quantitative estimate of drug-likeness (QED) is 0.616. The minimum atomic E-state index is -0.176. The van der Waals surface area contributed by atoms with Crippen molar-refractivity contribution in [3.63, 3.8) is 0 Å². The van der Waals surface area contributed by atoms with E-state index in [4.69, 9.17) is 0 Å². The van der Waals surface area contributed by atoms with Gasteiger partial charge in [0.2, 0.25) is 0 Å². The molecule has 0 fully saturated rings. The van der Waals surface area contributed by atoms with Gasteiger partial charge < -0.3 is 9.47 Å². The Kier molecular flexibility index (Phi) is 8.46. The van der Waals surface area contributed by atoms with Crippen molar-refractivity contribution in [1.29, 1.82) is 0 Å². The van der Waals surface area contributed by atoms with Crippen molar-refractivity contribution in [2.45, 2.75) is 46.0 Å². The molecule has 0 saturated heterocycles. The summed E-state index contributed by atoms with van der Waals surface area (Å²) in [6, 6.07) is 0. The van der Waals surface area contributed by atoms with E-state index in [2.05, 4.69) is 23.3 Å². The van der Waals surface area contributed by atoms with Crippen LogP contribution in [0.4, 0.5) is 0 Å². The Morgan fingerprint density at radius 1 is 0.882 bits per heavy atom. The van der Waals surface area contributed by atoms with Gasteiger partial charge in [-0.15, -0.1) is 0 Å². The smallest absolute Gasteiger partial charge is 0.305 e. The van der Waals surface area contributed by atoms with Crippen LogP contribution >= 0.6 is 0 Å². The van der Waals surface area contributed by atoms with Gasteiger partial charge in [-0.3, -0.25) is 9.59 Å². The van der Waals surface area contributed by atoms with Gasteiger partial charge in [-0.1, -0.05) is 26.7 Å².